The molecule has 0 radical (unpaired) electrons. The Kier molecular flexibility index (Phi) is 5.35. The second kappa shape index (κ2) is 6.29. The van der Waals surface area contributed by atoms with E-state index in [1.165, 1.54) is 32.2 Å². The van der Waals surface area contributed by atoms with Gasteiger partial charge in [-0.2, -0.15) is 0 Å². The molecule has 0 aliphatic heterocycles. The minimum Gasteiger partial charge on any atom is -0.370 e. The van der Waals surface area contributed by atoms with Crippen molar-refractivity contribution in [2.24, 2.45) is 0 Å². The number of rotatable bonds is 7. The van der Waals surface area contributed by atoms with E-state index in [0.29, 0.717) is 12.4 Å². The summed E-state index contributed by atoms with van der Waals surface area (Å²) >= 11 is 0. The highest BCUT2D eigenvalue weighted by Crippen LogP contribution is 2.17. The molecule has 1 rings (SSSR count). The molecular formula is C12H21N3O4S2. The molecule has 0 aliphatic rings. The third-order valence-electron chi connectivity index (χ3n) is 3.09. The molecule has 0 amide bonds. The van der Waals surface area contributed by atoms with Gasteiger partial charge in [-0.3, -0.25) is 0 Å². The van der Waals surface area contributed by atoms with Gasteiger partial charge < -0.3 is 5.32 Å². The maximum Gasteiger partial charge on any atom is 0.240 e. The molecule has 0 saturated heterocycles. The summed E-state index contributed by atoms with van der Waals surface area (Å²) in [5.74, 6) is 0.447. The van der Waals surface area contributed by atoms with Crippen molar-refractivity contribution < 1.29 is 16.8 Å². The zero-order valence-corrected chi connectivity index (χ0v) is 14.2. The van der Waals surface area contributed by atoms with E-state index in [-0.39, 0.29) is 11.4 Å². The molecule has 0 atom stereocenters. The average molecular weight is 335 g/mol. The number of hydrogen-bond donors (Lipinski definition) is 2. The lowest BCUT2D eigenvalue weighted by atomic mass is 10.2. The lowest BCUT2D eigenvalue weighted by Crippen LogP contribution is -2.43. The van der Waals surface area contributed by atoms with Crippen LogP contribution in [0, 0.1) is 0 Å². The first-order chi connectivity index (χ1) is 9.49. The van der Waals surface area contributed by atoms with Crippen molar-refractivity contribution >= 4 is 25.7 Å². The predicted molar refractivity (Wildman–Crippen MR) is 82.5 cm³/mol. The average Bonchev–Trinajstić information content (AvgIpc) is 2.36. The summed E-state index contributed by atoms with van der Waals surface area (Å²) in [6, 6.07) is 2.76. The van der Waals surface area contributed by atoms with E-state index >= 15 is 0 Å². The van der Waals surface area contributed by atoms with E-state index in [1.807, 2.05) is 6.92 Å². The van der Waals surface area contributed by atoms with Crippen molar-refractivity contribution in [2.45, 2.75) is 30.4 Å². The van der Waals surface area contributed by atoms with E-state index in [1.54, 1.807) is 0 Å². The molecule has 0 aromatic carbocycles. The van der Waals surface area contributed by atoms with Gasteiger partial charge in [0, 0.05) is 31.6 Å². The van der Waals surface area contributed by atoms with Crippen LogP contribution in [0.4, 0.5) is 5.82 Å². The van der Waals surface area contributed by atoms with Crippen LogP contribution < -0.4 is 10.0 Å². The lowest BCUT2D eigenvalue weighted by molar-refractivity contribution is 0.537. The molecule has 1 heterocycles. The highest BCUT2D eigenvalue weighted by Gasteiger charge is 2.32. The SMILES string of the molecule is CCNc1cc(S(=O)(=O)NCC(C)(C)S(C)(=O)=O)ccn1. The van der Waals surface area contributed by atoms with E-state index in [9.17, 15) is 16.8 Å². The first-order valence-electron chi connectivity index (χ1n) is 6.39. The number of nitrogens with one attached hydrogen (secondary N) is 2. The Hall–Kier alpha value is -1.19. The molecule has 0 aliphatic carbocycles. The van der Waals surface area contributed by atoms with Crippen LogP contribution in [0.15, 0.2) is 23.2 Å². The number of hydrogen-bond acceptors (Lipinski definition) is 6. The Morgan fingerprint density at radius 3 is 2.38 bits per heavy atom. The van der Waals surface area contributed by atoms with Crippen molar-refractivity contribution in [2.75, 3.05) is 24.7 Å². The molecule has 1 aromatic heterocycles. The molecule has 0 saturated carbocycles. The van der Waals surface area contributed by atoms with Gasteiger partial charge in [0.25, 0.3) is 0 Å². The second-order valence-electron chi connectivity index (χ2n) is 5.26. The topological polar surface area (TPSA) is 105 Å². The summed E-state index contributed by atoms with van der Waals surface area (Å²) in [5.41, 5.74) is 0. The van der Waals surface area contributed by atoms with Gasteiger partial charge in [0.15, 0.2) is 9.84 Å². The fourth-order valence-corrected chi connectivity index (χ4v) is 2.99. The van der Waals surface area contributed by atoms with Crippen LogP contribution in [0.25, 0.3) is 0 Å². The van der Waals surface area contributed by atoms with E-state index in [0.717, 1.165) is 6.26 Å². The van der Waals surface area contributed by atoms with Crippen LogP contribution in [0.3, 0.4) is 0 Å². The quantitative estimate of drug-likeness (QED) is 0.756. The molecule has 0 unspecified atom stereocenters. The van der Waals surface area contributed by atoms with Gasteiger partial charge in [0.1, 0.15) is 5.82 Å². The molecule has 9 heteroatoms. The van der Waals surface area contributed by atoms with Gasteiger partial charge in [0.05, 0.1) is 9.64 Å². The Morgan fingerprint density at radius 1 is 1.24 bits per heavy atom. The van der Waals surface area contributed by atoms with Crippen LogP contribution in [-0.4, -0.2) is 45.9 Å². The smallest absolute Gasteiger partial charge is 0.240 e. The number of anilines is 1. The lowest BCUT2D eigenvalue weighted by Gasteiger charge is -2.22. The molecule has 2 N–H and O–H groups in total. The van der Waals surface area contributed by atoms with Crippen LogP contribution in [0.2, 0.25) is 0 Å². The van der Waals surface area contributed by atoms with Crippen molar-refractivity contribution in [1.29, 1.82) is 0 Å². The summed E-state index contributed by atoms with van der Waals surface area (Å²) in [6.07, 6.45) is 2.46. The highest BCUT2D eigenvalue weighted by atomic mass is 32.2. The monoisotopic (exact) mass is 335 g/mol. The van der Waals surface area contributed by atoms with Crippen molar-refractivity contribution in [1.82, 2.24) is 9.71 Å². The fourth-order valence-electron chi connectivity index (χ4n) is 1.34. The molecule has 7 nitrogen and oxygen atoms in total. The maximum absolute atomic E-state index is 12.2. The van der Waals surface area contributed by atoms with Crippen LogP contribution >= 0.6 is 0 Å². The van der Waals surface area contributed by atoms with E-state index < -0.39 is 24.6 Å². The number of aromatic nitrogens is 1. The van der Waals surface area contributed by atoms with Crippen molar-refractivity contribution in [3.8, 4) is 0 Å². The summed E-state index contributed by atoms with van der Waals surface area (Å²) in [4.78, 5) is 4.03. The molecule has 1 aromatic rings. The summed E-state index contributed by atoms with van der Waals surface area (Å²) in [6.45, 7) is 5.23. The van der Waals surface area contributed by atoms with Crippen LogP contribution in [-0.2, 0) is 19.9 Å². The third kappa shape index (κ3) is 4.65. The highest BCUT2D eigenvalue weighted by molar-refractivity contribution is 7.92. The first kappa shape index (κ1) is 17.9. The zero-order valence-electron chi connectivity index (χ0n) is 12.5. The second-order valence-corrected chi connectivity index (χ2v) is 9.68. The number of nitrogens with zero attached hydrogens (tertiary/aromatic N) is 1. The normalized spacial score (nSPS) is 13.1. The third-order valence-corrected chi connectivity index (χ3v) is 6.64. The Balaban J connectivity index is 2.95. The molecular weight excluding hydrogens is 314 g/mol. The minimum absolute atomic E-state index is 0.0396. The van der Waals surface area contributed by atoms with E-state index in [4.69, 9.17) is 0 Å². The number of sulfonamides is 1. The Labute approximate surface area is 126 Å². The summed E-state index contributed by atoms with van der Waals surface area (Å²) < 4.78 is 48.7. The van der Waals surface area contributed by atoms with E-state index in [2.05, 4.69) is 15.0 Å². The van der Waals surface area contributed by atoms with Crippen molar-refractivity contribution in [3.63, 3.8) is 0 Å². The summed E-state index contributed by atoms with van der Waals surface area (Å²) in [7, 11) is -7.16. The molecule has 0 spiro atoms. The van der Waals surface area contributed by atoms with Crippen LogP contribution in [0.1, 0.15) is 20.8 Å². The van der Waals surface area contributed by atoms with Crippen LogP contribution in [0.5, 0.6) is 0 Å². The zero-order chi connectivity index (χ0) is 16.3. The van der Waals surface area contributed by atoms with Gasteiger partial charge in [0.2, 0.25) is 10.0 Å². The summed E-state index contributed by atoms with van der Waals surface area (Å²) in [5, 5.41) is 2.92. The van der Waals surface area contributed by atoms with Gasteiger partial charge >= 0.3 is 0 Å². The van der Waals surface area contributed by atoms with Gasteiger partial charge in [-0.25, -0.2) is 26.5 Å². The first-order valence-corrected chi connectivity index (χ1v) is 9.76. The standard InChI is InChI=1S/C12H21N3O4S2/c1-5-13-11-8-10(6-7-14-11)21(18,19)15-9-12(2,3)20(4,16)17/h6-8,15H,5,9H2,1-4H3,(H,13,14). The molecule has 0 fully saturated rings. The number of pyridine rings is 1. The number of sulfone groups is 1. The fraction of sp³-hybridized carbons (Fsp3) is 0.583. The predicted octanol–water partition coefficient (Wildman–Crippen LogP) is 0.615. The van der Waals surface area contributed by atoms with Gasteiger partial charge in [-0.05, 0) is 26.8 Å². The maximum atomic E-state index is 12.2. The Morgan fingerprint density at radius 2 is 1.86 bits per heavy atom. The van der Waals surface area contributed by atoms with Gasteiger partial charge in [-0.15, -0.1) is 0 Å². The molecule has 120 valence electrons. The molecule has 0 bridgehead atoms. The minimum atomic E-state index is -3.79. The van der Waals surface area contributed by atoms with Gasteiger partial charge in [-0.1, -0.05) is 0 Å². The molecule has 21 heavy (non-hydrogen) atoms. The van der Waals surface area contributed by atoms with Crippen molar-refractivity contribution in [3.05, 3.63) is 18.3 Å². The largest absolute Gasteiger partial charge is 0.370 e. The Bertz CT molecular complexity index is 697.